The summed E-state index contributed by atoms with van der Waals surface area (Å²) >= 11 is -2.30. The lowest BCUT2D eigenvalue weighted by atomic mass is 10.2. The van der Waals surface area contributed by atoms with Crippen molar-refractivity contribution in [3.63, 3.8) is 0 Å². The maximum Gasteiger partial charge on any atom is 0.355 e. The minimum Gasteiger partial charge on any atom is -0.422 e. The monoisotopic (exact) mass is 210 g/mol. The molecule has 0 bridgehead atoms. The van der Waals surface area contributed by atoms with Crippen LogP contribution in [0.4, 0.5) is 0 Å². The molecule has 1 unspecified atom stereocenters. The van der Waals surface area contributed by atoms with E-state index in [0.29, 0.717) is 11.0 Å². The van der Waals surface area contributed by atoms with Crippen LogP contribution >= 0.6 is 0 Å². The van der Waals surface area contributed by atoms with Crippen LogP contribution in [0.3, 0.4) is 0 Å². The molecule has 1 aromatic heterocycles. The van der Waals surface area contributed by atoms with Crippen molar-refractivity contribution in [3.8, 4) is 0 Å². The third-order valence-electron chi connectivity index (χ3n) is 1.80. The van der Waals surface area contributed by atoms with Gasteiger partial charge in [-0.2, -0.15) is 0 Å². The van der Waals surface area contributed by atoms with Crippen LogP contribution in [-0.2, 0) is 11.1 Å². The van der Waals surface area contributed by atoms with Gasteiger partial charge in [0.15, 0.2) is 16.0 Å². The Hall–Kier alpha value is -1.46. The second-order valence-electron chi connectivity index (χ2n) is 2.69. The maximum atomic E-state index is 11.2. The summed E-state index contributed by atoms with van der Waals surface area (Å²) in [6, 6.07) is 8.17. The van der Waals surface area contributed by atoms with E-state index in [2.05, 4.69) is 0 Å². The number of fused-ring (bicyclic) bond motifs is 1. The van der Waals surface area contributed by atoms with Gasteiger partial charge in [-0.3, -0.25) is 0 Å². The summed E-state index contributed by atoms with van der Waals surface area (Å²) < 4.78 is 24.3. The van der Waals surface area contributed by atoms with Crippen molar-refractivity contribution >= 4 is 22.0 Å². The van der Waals surface area contributed by atoms with Gasteiger partial charge in [-0.15, -0.1) is 0 Å². The Kier molecular flexibility index (Phi) is 2.18. The van der Waals surface area contributed by atoms with Gasteiger partial charge >= 0.3 is 5.63 Å². The summed E-state index contributed by atoms with van der Waals surface area (Å²) in [5.41, 5.74) is -0.365. The molecule has 0 saturated carbocycles. The molecule has 4 nitrogen and oxygen atoms in total. The number of benzene rings is 1. The molecule has 72 valence electrons. The van der Waals surface area contributed by atoms with E-state index in [9.17, 15) is 9.00 Å². The first-order valence-corrected chi connectivity index (χ1v) is 4.93. The lowest BCUT2D eigenvalue weighted by molar-refractivity contribution is 0.523. The average Bonchev–Trinajstić information content (AvgIpc) is 2.16. The molecular weight excluding hydrogens is 204 g/mol. The van der Waals surface area contributed by atoms with Gasteiger partial charge < -0.3 is 8.97 Å². The molecule has 14 heavy (non-hydrogen) atoms. The Labute approximate surface area is 81.5 Å². The lowest BCUT2D eigenvalue weighted by Gasteiger charge is -1.97. The predicted molar refractivity (Wildman–Crippen MR) is 51.5 cm³/mol. The molecule has 0 radical (unpaired) electrons. The highest BCUT2D eigenvalue weighted by molar-refractivity contribution is 7.79. The zero-order chi connectivity index (χ0) is 10.1. The first-order chi connectivity index (χ1) is 6.68. The zero-order valence-electron chi connectivity index (χ0n) is 6.97. The molecule has 1 atom stereocenters. The molecule has 2 rings (SSSR count). The van der Waals surface area contributed by atoms with E-state index in [4.69, 9.17) is 8.97 Å². The fourth-order valence-electron chi connectivity index (χ4n) is 1.16. The summed E-state index contributed by atoms with van der Waals surface area (Å²) in [7, 11) is 0. The number of para-hydroxylation sites is 1. The molecule has 2 aromatic rings. The van der Waals surface area contributed by atoms with E-state index in [1.807, 2.05) is 0 Å². The van der Waals surface area contributed by atoms with Crippen LogP contribution in [0.25, 0.3) is 11.0 Å². The standard InChI is InChI=1S/C9H6O4S/c10-9-8(14(11)12)5-6-3-1-2-4-7(6)13-9/h1-5H,(H,11,12). The lowest BCUT2D eigenvalue weighted by Crippen LogP contribution is -2.07. The predicted octanol–water partition coefficient (Wildman–Crippen LogP) is 1.37. The van der Waals surface area contributed by atoms with Gasteiger partial charge in [-0.25, -0.2) is 9.00 Å². The van der Waals surface area contributed by atoms with Crippen LogP contribution in [-0.4, -0.2) is 8.76 Å². The highest BCUT2D eigenvalue weighted by Crippen LogP contribution is 2.13. The Morgan fingerprint density at radius 1 is 1.29 bits per heavy atom. The van der Waals surface area contributed by atoms with Gasteiger partial charge in [0, 0.05) is 5.39 Å². The van der Waals surface area contributed by atoms with E-state index < -0.39 is 16.7 Å². The van der Waals surface area contributed by atoms with E-state index in [1.54, 1.807) is 24.3 Å². The van der Waals surface area contributed by atoms with Gasteiger partial charge in [0.05, 0.1) is 0 Å². The average molecular weight is 210 g/mol. The summed E-state index contributed by atoms with van der Waals surface area (Å²) in [5, 5.41) is 0.629. The molecule has 0 fully saturated rings. The van der Waals surface area contributed by atoms with Crippen LogP contribution in [0.5, 0.6) is 0 Å². The fourth-order valence-corrected chi connectivity index (χ4v) is 1.58. The van der Waals surface area contributed by atoms with Crippen molar-refractivity contribution in [3.05, 3.63) is 40.8 Å². The molecule has 0 aliphatic carbocycles. The van der Waals surface area contributed by atoms with Crippen LogP contribution < -0.4 is 5.63 Å². The Morgan fingerprint density at radius 3 is 2.71 bits per heavy atom. The number of hydrogen-bond acceptors (Lipinski definition) is 3. The molecule has 0 aliphatic heterocycles. The van der Waals surface area contributed by atoms with Crippen molar-refractivity contribution in [2.75, 3.05) is 0 Å². The van der Waals surface area contributed by atoms with Crippen molar-refractivity contribution in [1.29, 1.82) is 0 Å². The largest absolute Gasteiger partial charge is 0.422 e. The van der Waals surface area contributed by atoms with Crippen molar-refractivity contribution in [2.45, 2.75) is 4.90 Å². The van der Waals surface area contributed by atoms with Gasteiger partial charge in [0.25, 0.3) is 0 Å². The molecule has 0 spiro atoms. The van der Waals surface area contributed by atoms with E-state index in [1.165, 1.54) is 6.07 Å². The van der Waals surface area contributed by atoms with E-state index in [-0.39, 0.29) is 4.90 Å². The van der Waals surface area contributed by atoms with Crippen LogP contribution in [0.1, 0.15) is 0 Å². The first-order valence-electron chi connectivity index (χ1n) is 3.82. The summed E-state index contributed by atoms with van der Waals surface area (Å²) in [6.07, 6.45) is 0. The molecule has 0 saturated heterocycles. The van der Waals surface area contributed by atoms with Crippen LogP contribution in [0.2, 0.25) is 0 Å². The second-order valence-corrected chi connectivity index (χ2v) is 3.62. The van der Waals surface area contributed by atoms with Crippen molar-refractivity contribution in [1.82, 2.24) is 0 Å². The van der Waals surface area contributed by atoms with Gasteiger partial charge in [-0.05, 0) is 12.1 Å². The zero-order valence-corrected chi connectivity index (χ0v) is 7.78. The normalized spacial score (nSPS) is 12.9. The van der Waals surface area contributed by atoms with Crippen LogP contribution in [0, 0.1) is 0 Å². The molecule has 0 aliphatic rings. The van der Waals surface area contributed by atoms with Gasteiger partial charge in [0.2, 0.25) is 0 Å². The second kappa shape index (κ2) is 3.36. The minimum atomic E-state index is -2.30. The molecular formula is C9H6O4S. The topological polar surface area (TPSA) is 67.5 Å². The van der Waals surface area contributed by atoms with E-state index >= 15 is 0 Å². The molecule has 1 aromatic carbocycles. The van der Waals surface area contributed by atoms with Crippen molar-refractivity contribution in [2.24, 2.45) is 0 Å². The summed E-state index contributed by atoms with van der Waals surface area (Å²) in [4.78, 5) is 10.9. The first kappa shape index (κ1) is 9.11. The third kappa shape index (κ3) is 1.47. The summed E-state index contributed by atoms with van der Waals surface area (Å²) in [6.45, 7) is 0. The van der Waals surface area contributed by atoms with E-state index in [0.717, 1.165) is 0 Å². The quantitative estimate of drug-likeness (QED) is 0.570. The minimum absolute atomic E-state index is 0.233. The van der Waals surface area contributed by atoms with Gasteiger partial charge in [-0.1, -0.05) is 18.2 Å². The fraction of sp³-hybridized carbons (Fsp3) is 0. The molecule has 1 N–H and O–H groups in total. The Morgan fingerprint density at radius 2 is 2.00 bits per heavy atom. The molecule has 1 heterocycles. The maximum absolute atomic E-state index is 11.2. The molecule has 5 heteroatoms. The Bertz CT molecular complexity index is 558. The van der Waals surface area contributed by atoms with Crippen LogP contribution in [0.15, 0.2) is 44.4 Å². The SMILES string of the molecule is O=c1oc2ccccc2cc1S(=O)O. The highest BCUT2D eigenvalue weighted by atomic mass is 32.2. The number of hydrogen-bond donors (Lipinski definition) is 1. The summed E-state index contributed by atoms with van der Waals surface area (Å²) in [5.74, 6) is 0. The third-order valence-corrected chi connectivity index (χ3v) is 2.46. The smallest absolute Gasteiger partial charge is 0.355 e. The highest BCUT2D eigenvalue weighted by Gasteiger charge is 2.09. The van der Waals surface area contributed by atoms with Crippen molar-refractivity contribution < 1.29 is 13.2 Å². The molecule has 0 amide bonds. The number of rotatable bonds is 1. The Balaban J connectivity index is 2.84. The van der Waals surface area contributed by atoms with Gasteiger partial charge in [0.1, 0.15) is 5.58 Å².